The van der Waals surface area contributed by atoms with Crippen molar-refractivity contribution in [3.05, 3.63) is 0 Å². The van der Waals surface area contributed by atoms with Crippen LogP contribution in [0.4, 0.5) is 13.2 Å². The van der Waals surface area contributed by atoms with E-state index >= 15 is 0 Å². The van der Waals surface area contributed by atoms with E-state index in [0.717, 1.165) is 4.90 Å². The molecule has 1 amide bonds. The summed E-state index contributed by atoms with van der Waals surface area (Å²) in [6, 6.07) is 0. The summed E-state index contributed by atoms with van der Waals surface area (Å²) in [5.74, 6) is -3.83. The van der Waals surface area contributed by atoms with Gasteiger partial charge in [0.25, 0.3) is 0 Å². The predicted octanol–water partition coefficient (Wildman–Crippen LogP) is 1.12. The third-order valence-corrected chi connectivity index (χ3v) is 2.70. The number of alkyl halides is 3. The topological polar surface area (TPSA) is 57.6 Å². The average molecular weight is 239 g/mol. The minimum absolute atomic E-state index is 0.133. The molecule has 1 aliphatic rings. The van der Waals surface area contributed by atoms with Crippen LogP contribution in [0.15, 0.2) is 0 Å². The molecule has 1 fully saturated rings. The highest BCUT2D eigenvalue weighted by atomic mass is 19.4. The SMILES string of the molecule is CC(=O)N1C[C@H](CC(F)(F)F)[C@@H](C(=O)O)C1. The van der Waals surface area contributed by atoms with Gasteiger partial charge in [0.15, 0.2) is 0 Å². The van der Waals surface area contributed by atoms with Crippen LogP contribution in [-0.2, 0) is 9.59 Å². The maximum atomic E-state index is 12.2. The molecule has 0 aliphatic carbocycles. The second-order valence-corrected chi connectivity index (χ2v) is 3.95. The zero-order chi connectivity index (χ0) is 12.5. The molecule has 0 aromatic heterocycles. The second-order valence-electron chi connectivity index (χ2n) is 3.95. The summed E-state index contributed by atoms with van der Waals surface area (Å²) in [6.07, 6.45) is -5.56. The Balaban J connectivity index is 2.74. The molecule has 4 nitrogen and oxygen atoms in total. The van der Waals surface area contributed by atoms with Gasteiger partial charge < -0.3 is 10.0 Å². The summed E-state index contributed by atoms with van der Waals surface area (Å²) in [4.78, 5) is 22.9. The van der Waals surface area contributed by atoms with Crippen LogP contribution in [0.25, 0.3) is 0 Å². The number of nitrogens with zero attached hydrogens (tertiary/aromatic N) is 1. The fourth-order valence-electron chi connectivity index (χ4n) is 1.91. The lowest BCUT2D eigenvalue weighted by atomic mass is 9.93. The van der Waals surface area contributed by atoms with E-state index in [-0.39, 0.29) is 13.1 Å². The van der Waals surface area contributed by atoms with Crippen LogP contribution in [0.1, 0.15) is 13.3 Å². The number of carbonyl (C=O) groups excluding carboxylic acids is 1. The number of likely N-dealkylation sites (tertiary alicyclic amines) is 1. The van der Waals surface area contributed by atoms with E-state index in [0.29, 0.717) is 0 Å². The molecule has 1 saturated heterocycles. The van der Waals surface area contributed by atoms with Crippen molar-refractivity contribution >= 4 is 11.9 Å². The van der Waals surface area contributed by atoms with Crippen molar-refractivity contribution in [3.8, 4) is 0 Å². The molecule has 0 aromatic rings. The van der Waals surface area contributed by atoms with E-state index in [1.54, 1.807) is 0 Å². The Morgan fingerprint density at radius 1 is 1.38 bits per heavy atom. The van der Waals surface area contributed by atoms with Crippen LogP contribution in [0, 0.1) is 11.8 Å². The third kappa shape index (κ3) is 3.11. The largest absolute Gasteiger partial charge is 0.481 e. The molecule has 0 spiro atoms. The molecule has 92 valence electrons. The van der Waals surface area contributed by atoms with Crippen LogP contribution in [-0.4, -0.2) is 41.1 Å². The normalized spacial score (nSPS) is 25.9. The molecule has 0 unspecified atom stereocenters. The molecule has 1 rings (SSSR count). The Hall–Kier alpha value is -1.27. The second kappa shape index (κ2) is 4.31. The summed E-state index contributed by atoms with van der Waals surface area (Å²) < 4.78 is 36.5. The highest BCUT2D eigenvalue weighted by Gasteiger charge is 2.44. The van der Waals surface area contributed by atoms with E-state index in [9.17, 15) is 22.8 Å². The maximum Gasteiger partial charge on any atom is 0.389 e. The van der Waals surface area contributed by atoms with Crippen molar-refractivity contribution in [1.82, 2.24) is 4.90 Å². The quantitative estimate of drug-likeness (QED) is 0.785. The number of rotatable bonds is 2. The van der Waals surface area contributed by atoms with Crippen LogP contribution >= 0.6 is 0 Å². The van der Waals surface area contributed by atoms with E-state index < -0.39 is 36.3 Å². The third-order valence-electron chi connectivity index (χ3n) is 2.70. The van der Waals surface area contributed by atoms with Gasteiger partial charge in [-0.25, -0.2) is 0 Å². The zero-order valence-corrected chi connectivity index (χ0v) is 8.62. The van der Waals surface area contributed by atoms with Gasteiger partial charge in [0.05, 0.1) is 5.92 Å². The van der Waals surface area contributed by atoms with Crippen LogP contribution < -0.4 is 0 Å². The predicted molar refractivity (Wildman–Crippen MR) is 47.5 cm³/mol. The minimum atomic E-state index is -4.40. The fourth-order valence-corrected chi connectivity index (χ4v) is 1.91. The van der Waals surface area contributed by atoms with Gasteiger partial charge in [0.2, 0.25) is 5.91 Å². The number of aliphatic carboxylic acids is 1. The summed E-state index contributed by atoms with van der Waals surface area (Å²) in [6.45, 7) is 0.950. The number of amides is 1. The summed E-state index contributed by atoms with van der Waals surface area (Å²) in [5, 5.41) is 8.77. The number of carbonyl (C=O) groups is 2. The summed E-state index contributed by atoms with van der Waals surface area (Å²) >= 11 is 0. The molecule has 0 radical (unpaired) electrons. The number of hydrogen-bond acceptors (Lipinski definition) is 2. The highest BCUT2D eigenvalue weighted by molar-refractivity contribution is 5.77. The molecule has 16 heavy (non-hydrogen) atoms. The van der Waals surface area contributed by atoms with Crippen molar-refractivity contribution in [2.45, 2.75) is 19.5 Å². The summed E-state index contributed by atoms with van der Waals surface area (Å²) in [7, 11) is 0. The molecular formula is C9H12F3NO3. The van der Waals surface area contributed by atoms with Gasteiger partial charge in [-0.3, -0.25) is 9.59 Å². The average Bonchev–Trinajstić information content (AvgIpc) is 2.44. The summed E-state index contributed by atoms with van der Waals surface area (Å²) in [5.41, 5.74) is 0. The van der Waals surface area contributed by atoms with Crippen LogP contribution in [0.3, 0.4) is 0 Å². The Bertz CT molecular complexity index is 303. The lowest BCUT2D eigenvalue weighted by Crippen LogP contribution is -2.27. The monoisotopic (exact) mass is 239 g/mol. The number of carboxylic acids is 1. The Morgan fingerprint density at radius 2 is 1.94 bits per heavy atom. The van der Waals surface area contributed by atoms with Gasteiger partial charge >= 0.3 is 12.1 Å². The Morgan fingerprint density at radius 3 is 2.31 bits per heavy atom. The van der Waals surface area contributed by atoms with Gasteiger partial charge in [-0.15, -0.1) is 0 Å². The van der Waals surface area contributed by atoms with Gasteiger partial charge in [0, 0.05) is 32.4 Å². The van der Waals surface area contributed by atoms with E-state index in [1.807, 2.05) is 0 Å². The van der Waals surface area contributed by atoms with Crippen molar-refractivity contribution in [2.24, 2.45) is 11.8 Å². The molecule has 0 aromatic carbocycles. The highest BCUT2D eigenvalue weighted by Crippen LogP contribution is 2.34. The van der Waals surface area contributed by atoms with Gasteiger partial charge in [0.1, 0.15) is 0 Å². The van der Waals surface area contributed by atoms with E-state index in [4.69, 9.17) is 5.11 Å². The van der Waals surface area contributed by atoms with Gasteiger partial charge in [-0.2, -0.15) is 13.2 Å². The van der Waals surface area contributed by atoms with Crippen LogP contribution in [0.5, 0.6) is 0 Å². The molecule has 1 heterocycles. The van der Waals surface area contributed by atoms with E-state index in [1.165, 1.54) is 6.92 Å². The molecule has 1 N–H and O–H groups in total. The van der Waals surface area contributed by atoms with Gasteiger partial charge in [-0.05, 0) is 0 Å². The fraction of sp³-hybridized carbons (Fsp3) is 0.778. The van der Waals surface area contributed by atoms with Crippen molar-refractivity contribution in [3.63, 3.8) is 0 Å². The van der Waals surface area contributed by atoms with Gasteiger partial charge in [-0.1, -0.05) is 0 Å². The smallest absolute Gasteiger partial charge is 0.389 e. The zero-order valence-electron chi connectivity index (χ0n) is 8.62. The lowest BCUT2D eigenvalue weighted by Gasteiger charge is -2.16. The molecule has 2 atom stereocenters. The van der Waals surface area contributed by atoms with Crippen LogP contribution in [0.2, 0.25) is 0 Å². The van der Waals surface area contributed by atoms with Crippen molar-refractivity contribution in [2.75, 3.05) is 13.1 Å². The minimum Gasteiger partial charge on any atom is -0.481 e. The molecule has 0 saturated carbocycles. The standard InChI is InChI=1S/C9H12F3NO3/c1-5(14)13-3-6(2-9(10,11)12)7(4-13)8(15)16/h6-7H,2-4H2,1H3,(H,15,16)/t6-,7-/m0/s1. The molecule has 1 aliphatic heterocycles. The molecule has 7 heteroatoms. The number of carboxylic acid groups (broad SMARTS) is 1. The Labute approximate surface area is 90.0 Å². The number of halogens is 3. The first-order valence-corrected chi connectivity index (χ1v) is 4.76. The van der Waals surface area contributed by atoms with Crippen molar-refractivity contribution in [1.29, 1.82) is 0 Å². The first-order chi connectivity index (χ1) is 7.20. The number of hydrogen-bond donors (Lipinski definition) is 1. The Kier molecular flexibility index (Phi) is 3.44. The lowest BCUT2D eigenvalue weighted by molar-refractivity contribution is -0.154. The maximum absolute atomic E-state index is 12.2. The van der Waals surface area contributed by atoms with E-state index in [2.05, 4.69) is 0 Å². The molecule has 0 bridgehead atoms. The van der Waals surface area contributed by atoms with Crippen molar-refractivity contribution < 1.29 is 27.9 Å². The molecular weight excluding hydrogens is 227 g/mol. The first kappa shape index (κ1) is 12.8. The first-order valence-electron chi connectivity index (χ1n) is 4.76.